The molecule has 1 N–H and O–H groups in total. The number of carbonyl (C=O) groups is 2. The maximum Gasteiger partial charge on any atom is 0.308 e. The Labute approximate surface area is 111 Å². The van der Waals surface area contributed by atoms with Gasteiger partial charge in [-0.1, -0.05) is 0 Å². The molecule has 1 amide bonds. The van der Waals surface area contributed by atoms with Gasteiger partial charge in [-0.3, -0.25) is 9.59 Å². The van der Waals surface area contributed by atoms with Gasteiger partial charge in [-0.05, 0) is 31.4 Å². The number of rotatable bonds is 4. The van der Waals surface area contributed by atoms with Crippen molar-refractivity contribution >= 4 is 11.9 Å². The topological polar surface area (TPSA) is 70.8 Å². The van der Waals surface area contributed by atoms with Crippen LogP contribution in [0.15, 0.2) is 22.8 Å². The summed E-state index contributed by atoms with van der Waals surface area (Å²) in [5.41, 5.74) is 0. The van der Waals surface area contributed by atoms with Crippen molar-refractivity contribution in [2.24, 2.45) is 5.92 Å². The second-order valence-electron chi connectivity index (χ2n) is 5.36. The van der Waals surface area contributed by atoms with Gasteiger partial charge in [0, 0.05) is 24.9 Å². The Morgan fingerprint density at radius 2 is 2.26 bits per heavy atom. The number of carboxylic acids is 1. The van der Waals surface area contributed by atoms with Crippen LogP contribution in [0.5, 0.6) is 0 Å². The SMILES string of the molecule is O=C(O)C1CC2CCC1N2C(=O)CCc1ccco1. The predicted molar refractivity (Wildman–Crippen MR) is 66.4 cm³/mol. The van der Waals surface area contributed by atoms with E-state index in [1.54, 1.807) is 12.3 Å². The van der Waals surface area contributed by atoms with E-state index in [2.05, 4.69) is 0 Å². The van der Waals surface area contributed by atoms with E-state index in [-0.39, 0.29) is 23.9 Å². The fourth-order valence-corrected chi connectivity index (χ4v) is 3.46. The molecule has 5 heteroatoms. The summed E-state index contributed by atoms with van der Waals surface area (Å²) in [6.45, 7) is 0. The summed E-state index contributed by atoms with van der Waals surface area (Å²) in [6.07, 6.45) is 4.97. The molecule has 0 radical (unpaired) electrons. The van der Waals surface area contributed by atoms with Gasteiger partial charge in [-0.2, -0.15) is 0 Å². The molecule has 0 aliphatic carbocycles. The number of carboxylic acid groups (broad SMARTS) is 1. The Balaban J connectivity index is 1.63. The lowest BCUT2D eigenvalue weighted by atomic mass is 9.89. The molecule has 19 heavy (non-hydrogen) atoms. The van der Waals surface area contributed by atoms with E-state index < -0.39 is 5.97 Å². The fourth-order valence-electron chi connectivity index (χ4n) is 3.46. The number of hydrogen-bond acceptors (Lipinski definition) is 3. The number of fused-ring (bicyclic) bond motifs is 2. The van der Waals surface area contributed by atoms with Crippen LogP contribution in [0.1, 0.15) is 31.4 Å². The number of aryl methyl sites for hydroxylation is 1. The van der Waals surface area contributed by atoms with E-state index >= 15 is 0 Å². The molecular weight excluding hydrogens is 246 g/mol. The van der Waals surface area contributed by atoms with E-state index in [0.717, 1.165) is 18.6 Å². The van der Waals surface area contributed by atoms with Crippen molar-refractivity contribution in [1.29, 1.82) is 0 Å². The minimum absolute atomic E-state index is 0.0626. The van der Waals surface area contributed by atoms with E-state index in [4.69, 9.17) is 9.52 Å². The first kappa shape index (κ1) is 12.3. The molecule has 2 aliphatic rings. The second kappa shape index (κ2) is 4.72. The van der Waals surface area contributed by atoms with Crippen molar-refractivity contribution in [3.05, 3.63) is 24.2 Å². The number of nitrogens with zero attached hydrogens (tertiary/aromatic N) is 1. The van der Waals surface area contributed by atoms with Crippen LogP contribution in [-0.4, -0.2) is 34.0 Å². The zero-order valence-corrected chi connectivity index (χ0v) is 10.6. The molecule has 0 spiro atoms. The first-order valence-corrected chi connectivity index (χ1v) is 6.73. The molecule has 1 aromatic rings. The third-order valence-corrected chi connectivity index (χ3v) is 4.31. The number of amides is 1. The van der Waals surface area contributed by atoms with Crippen LogP contribution >= 0.6 is 0 Å². The molecule has 0 saturated carbocycles. The van der Waals surface area contributed by atoms with Gasteiger partial charge < -0.3 is 14.4 Å². The summed E-state index contributed by atoms with van der Waals surface area (Å²) in [5.74, 6) is -0.273. The summed E-state index contributed by atoms with van der Waals surface area (Å²) in [7, 11) is 0. The quantitative estimate of drug-likeness (QED) is 0.897. The van der Waals surface area contributed by atoms with E-state index in [0.29, 0.717) is 19.3 Å². The van der Waals surface area contributed by atoms with E-state index in [9.17, 15) is 9.59 Å². The third-order valence-electron chi connectivity index (χ3n) is 4.31. The lowest BCUT2D eigenvalue weighted by Crippen LogP contribution is -2.37. The van der Waals surface area contributed by atoms with Crippen molar-refractivity contribution in [3.63, 3.8) is 0 Å². The molecule has 3 atom stereocenters. The number of aliphatic carboxylic acids is 1. The highest BCUT2D eigenvalue weighted by Gasteiger charge is 2.50. The maximum atomic E-state index is 12.3. The highest BCUT2D eigenvalue weighted by atomic mass is 16.4. The summed E-state index contributed by atoms with van der Waals surface area (Å²) < 4.78 is 5.21. The first-order valence-electron chi connectivity index (χ1n) is 6.73. The lowest BCUT2D eigenvalue weighted by Gasteiger charge is -2.22. The standard InChI is InChI=1S/C14H17NO4/c16-13(6-4-10-2-1-7-19-10)15-9-3-5-12(15)11(8-9)14(17)18/h1-2,7,9,11-12H,3-6,8H2,(H,17,18). The van der Waals surface area contributed by atoms with Gasteiger partial charge in [0.05, 0.1) is 12.2 Å². The molecule has 1 aromatic heterocycles. The summed E-state index contributed by atoms with van der Waals surface area (Å²) in [4.78, 5) is 25.2. The van der Waals surface area contributed by atoms with Gasteiger partial charge in [0.25, 0.3) is 0 Å². The summed E-state index contributed by atoms with van der Waals surface area (Å²) >= 11 is 0. The molecule has 0 aromatic carbocycles. The van der Waals surface area contributed by atoms with Gasteiger partial charge in [-0.15, -0.1) is 0 Å². The lowest BCUT2D eigenvalue weighted by molar-refractivity contribution is -0.143. The number of hydrogen-bond donors (Lipinski definition) is 1. The van der Waals surface area contributed by atoms with E-state index in [1.807, 2.05) is 11.0 Å². The van der Waals surface area contributed by atoms with Crippen molar-refractivity contribution in [1.82, 2.24) is 4.90 Å². The molecule has 2 aliphatic heterocycles. The Bertz CT molecular complexity index is 482. The minimum Gasteiger partial charge on any atom is -0.481 e. The van der Waals surface area contributed by atoms with Crippen LogP contribution in [0, 0.1) is 5.92 Å². The van der Waals surface area contributed by atoms with Gasteiger partial charge in [0.1, 0.15) is 5.76 Å². The maximum absolute atomic E-state index is 12.3. The summed E-state index contributed by atoms with van der Waals surface area (Å²) in [6, 6.07) is 3.70. The van der Waals surface area contributed by atoms with Crippen LogP contribution in [0.3, 0.4) is 0 Å². The van der Waals surface area contributed by atoms with Crippen LogP contribution in [0.4, 0.5) is 0 Å². The van der Waals surface area contributed by atoms with Crippen molar-refractivity contribution in [2.75, 3.05) is 0 Å². The summed E-state index contributed by atoms with van der Waals surface area (Å²) in [5, 5.41) is 9.16. The molecule has 3 heterocycles. The smallest absolute Gasteiger partial charge is 0.308 e. The Hall–Kier alpha value is -1.78. The fraction of sp³-hybridized carbons (Fsp3) is 0.571. The van der Waals surface area contributed by atoms with Crippen molar-refractivity contribution in [2.45, 2.75) is 44.2 Å². The molecule has 3 rings (SSSR count). The molecule has 5 nitrogen and oxygen atoms in total. The molecule has 3 unspecified atom stereocenters. The van der Waals surface area contributed by atoms with Gasteiger partial charge >= 0.3 is 5.97 Å². The van der Waals surface area contributed by atoms with Crippen molar-refractivity contribution in [3.8, 4) is 0 Å². The largest absolute Gasteiger partial charge is 0.481 e. The van der Waals surface area contributed by atoms with Gasteiger partial charge in [0.15, 0.2) is 0 Å². The van der Waals surface area contributed by atoms with Crippen LogP contribution < -0.4 is 0 Å². The first-order chi connectivity index (χ1) is 9.16. The minimum atomic E-state index is -0.768. The molecular formula is C14H17NO4. The molecule has 2 fully saturated rings. The van der Waals surface area contributed by atoms with Crippen LogP contribution in [-0.2, 0) is 16.0 Å². The van der Waals surface area contributed by atoms with Gasteiger partial charge in [-0.25, -0.2) is 0 Å². The Morgan fingerprint density at radius 3 is 2.89 bits per heavy atom. The average molecular weight is 263 g/mol. The molecule has 102 valence electrons. The van der Waals surface area contributed by atoms with Crippen LogP contribution in [0.2, 0.25) is 0 Å². The van der Waals surface area contributed by atoms with Crippen LogP contribution in [0.25, 0.3) is 0 Å². The monoisotopic (exact) mass is 263 g/mol. The normalized spacial score (nSPS) is 28.8. The van der Waals surface area contributed by atoms with Gasteiger partial charge in [0.2, 0.25) is 5.91 Å². The Morgan fingerprint density at radius 1 is 1.42 bits per heavy atom. The third kappa shape index (κ3) is 2.13. The number of furan rings is 1. The number of carbonyl (C=O) groups excluding carboxylic acids is 1. The second-order valence-corrected chi connectivity index (χ2v) is 5.36. The zero-order valence-electron chi connectivity index (χ0n) is 10.6. The average Bonchev–Trinajstić information content (AvgIpc) is 3.11. The Kier molecular flexibility index (Phi) is 3.05. The highest BCUT2D eigenvalue weighted by molar-refractivity contribution is 5.80. The zero-order chi connectivity index (χ0) is 13.4. The predicted octanol–water partition coefficient (Wildman–Crippen LogP) is 1.68. The highest BCUT2D eigenvalue weighted by Crippen LogP contribution is 2.42. The molecule has 2 saturated heterocycles. The van der Waals surface area contributed by atoms with Crippen molar-refractivity contribution < 1.29 is 19.1 Å². The van der Waals surface area contributed by atoms with E-state index in [1.165, 1.54) is 0 Å². The molecule has 2 bridgehead atoms.